The molecule has 0 aliphatic heterocycles. The molecule has 1 rings (SSSR count). The summed E-state index contributed by atoms with van der Waals surface area (Å²) in [6.07, 6.45) is 2.05. The van der Waals surface area contributed by atoms with Crippen LogP contribution >= 0.6 is 0 Å². The SMILES string of the molecule is CC[C@H](C)[C@H](C)C(=O)Nc1ccccc1N(C)S(C)(=O)=O. The monoisotopic (exact) mass is 312 g/mol. The first-order valence-corrected chi connectivity index (χ1v) is 8.87. The van der Waals surface area contributed by atoms with E-state index < -0.39 is 10.0 Å². The van der Waals surface area contributed by atoms with Crippen LogP contribution in [0.15, 0.2) is 24.3 Å². The van der Waals surface area contributed by atoms with Crippen molar-refractivity contribution in [2.75, 3.05) is 22.9 Å². The average Bonchev–Trinajstić information content (AvgIpc) is 2.44. The molecule has 0 saturated carbocycles. The molecule has 0 heterocycles. The predicted octanol–water partition coefficient (Wildman–Crippen LogP) is 2.70. The summed E-state index contributed by atoms with van der Waals surface area (Å²) >= 11 is 0. The number of carbonyl (C=O) groups excluding carboxylic acids is 1. The smallest absolute Gasteiger partial charge is 0.232 e. The first-order chi connectivity index (χ1) is 9.68. The van der Waals surface area contributed by atoms with Gasteiger partial charge in [-0.1, -0.05) is 39.3 Å². The Morgan fingerprint density at radius 1 is 1.29 bits per heavy atom. The fourth-order valence-corrected chi connectivity index (χ4v) is 2.41. The van der Waals surface area contributed by atoms with Gasteiger partial charge in [0.1, 0.15) is 0 Å². The van der Waals surface area contributed by atoms with Gasteiger partial charge in [0.15, 0.2) is 0 Å². The lowest BCUT2D eigenvalue weighted by Crippen LogP contribution is -2.29. The van der Waals surface area contributed by atoms with Crippen molar-refractivity contribution < 1.29 is 13.2 Å². The minimum absolute atomic E-state index is 0.0984. The second-order valence-corrected chi connectivity index (χ2v) is 7.42. The zero-order chi connectivity index (χ0) is 16.2. The van der Waals surface area contributed by atoms with Gasteiger partial charge in [0.25, 0.3) is 0 Å². The Morgan fingerprint density at radius 3 is 2.38 bits per heavy atom. The van der Waals surface area contributed by atoms with Crippen LogP contribution in [0.3, 0.4) is 0 Å². The highest BCUT2D eigenvalue weighted by Gasteiger charge is 2.21. The molecule has 2 atom stereocenters. The Bertz CT molecular complexity index is 599. The van der Waals surface area contributed by atoms with E-state index in [2.05, 4.69) is 5.32 Å². The number of rotatable bonds is 6. The van der Waals surface area contributed by atoms with E-state index in [-0.39, 0.29) is 17.7 Å². The fourth-order valence-electron chi connectivity index (χ4n) is 1.89. The lowest BCUT2D eigenvalue weighted by molar-refractivity contribution is -0.120. The molecule has 0 spiro atoms. The van der Waals surface area contributed by atoms with Gasteiger partial charge in [-0.05, 0) is 18.1 Å². The Labute approximate surface area is 127 Å². The first kappa shape index (κ1) is 17.5. The standard InChI is InChI=1S/C15H24N2O3S/c1-6-11(2)12(3)15(18)16-13-9-7-8-10-14(13)17(4)21(5,19)20/h7-12H,6H2,1-5H3,(H,16,18)/t11-,12-/m0/s1. The van der Waals surface area contributed by atoms with Crippen LogP contribution in [0.4, 0.5) is 11.4 Å². The number of anilines is 2. The summed E-state index contributed by atoms with van der Waals surface area (Å²) < 4.78 is 24.5. The van der Waals surface area contributed by atoms with Crippen LogP contribution in [-0.4, -0.2) is 27.6 Å². The van der Waals surface area contributed by atoms with Crippen molar-refractivity contribution >= 4 is 27.3 Å². The molecule has 0 bridgehead atoms. The van der Waals surface area contributed by atoms with Crippen LogP contribution in [0.5, 0.6) is 0 Å². The van der Waals surface area contributed by atoms with Crippen molar-refractivity contribution in [1.82, 2.24) is 0 Å². The fraction of sp³-hybridized carbons (Fsp3) is 0.533. The maximum Gasteiger partial charge on any atom is 0.232 e. The predicted molar refractivity (Wildman–Crippen MR) is 86.9 cm³/mol. The minimum Gasteiger partial charge on any atom is -0.324 e. The summed E-state index contributed by atoms with van der Waals surface area (Å²) in [5.41, 5.74) is 0.968. The quantitative estimate of drug-likeness (QED) is 0.878. The van der Waals surface area contributed by atoms with Gasteiger partial charge in [-0.15, -0.1) is 0 Å². The highest BCUT2D eigenvalue weighted by atomic mass is 32.2. The number of amides is 1. The molecule has 6 heteroatoms. The average molecular weight is 312 g/mol. The third kappa shape index (κ3) is 4.46. The maximum absolute atomic E-state index is 12.3. The Hall–Kier alpha value is -1.56. The number of carbonyl (C=O) groups is 1. The maximum atomic E-state index is 12.3. The second-order valence-electron chi connectivity index (χ2n) is 5.41. The van der Waals surface area contributed by atoms with E-state index in [1.165, 1.54) is 7.05 Å². The van der Waals surface area contributed by atoms with E-state index in [0.29, 0.717) is 11.4 Å². The molecule has 0 aromatic heterocycles. The normalized spacial score (nSPS) is 14.3. The van der Waals surface area contributed by atoms with Gasteiger partial charge < -0.3 is 5.32 Å². The summed E-state index contributed by atoms with van der Waals surface area (Å²) in [7, 11) is -1.90. The number of para-hydroxylation sites is 2. The lowest BCUT2D eigenvalue weighted by atomic mass is 9.93. The summed E-state index contributed by atoms with van der Waals surface area (Å²) in [6.45, 7) is 5.95. The zero-order valence-electron chi connectivity index (χ0n) is 13.3. The molecule has 1 aromatic carbocycles. The van der Waals surface area contributed by atoms with Gasteiger partial charge in [-0.3, -0.25) is 9.10 Å². The van der Waals surface area contributed by atoms with Crippen molar-refractivity contribution in [3.63, 3.8) is 0 Å². The summed E-state index contributed by atoms with van der Waals surface area (Å²) in [5.74, 6) is 0.0371. The van der Waals surface area contributed by atoms with Gasteiger partial charge in [0, 0.05) is 13.0 Å². The van der Waals surface area contributed by atoms with E-state index in [1.807, 2.05) is 20.8 Å². The third-order valence-electron chi connectivity index (χ3n) is 3.91. The van der Waals surface area contributed by atoms with E-state index >= 15 is 0 Å². The van der Waals surface area contributed by atoms with Crippen LogP contribution in [0.2, 0.25) is 0 Å². The number of hydrogen-bond acceptors (Lipinski definition) is 3. The van der Waals surface area contributed by atoms with E-state index in [0.717, 1.165) is 17.0 Å². The van der Waals surface area contributed by atoms with Crippen LogP contribution < -0.4 is 9.62 Å². The van der Waals surface area contributed by atoms with Crippen molar-refractivity contribution in [3.05, 3.63) is 24.3 Å². The van der Waals surface area contributed by atoms with E-state index in [4.69, 9.17) is 0 Å². The molecular formula is C15H24N2O3S. The number of benzene rings is 1. The zero-order valence-corrected chi connectivity index (χ0v) is 14.1. The van der Waals surface area contributed by atoms with E-state index in [9.17, 15) is 13.2 Å². The molecule has 118 valence electrons. The first-order valence-electron chi connectivity index (χ1n) is 7.02. The van der Waals surface area contributed by atoms with Crippen molar-refractivity contribution in [1.29, 1.82) is 0 Å². The van der Waals surface area contributed by atoms with Gasteiger partial charge in [0.2, 0.25) is 15.9 Å². The molecule has 0 fully saturated rings. The Balaban J connectivity index is 3.03. The Morgan fingerprint density at radius 2 is 1.86 bits per heavy atom. The Kier molecular flexibility index (Phi) is 5.78. The summed E-state index contributed by atoms with van der Waals surface area (Å²) in [4.78, 5) is 12.3. The number of hydrogen-bond donors (Lipinski definition) is 1. The molecule has 1 aromatic rings. The topological polar surface area (TPSA) is 66.5 Å². The molecule has 0 unspecified atom stereocenters. The number of nitrogens with one attached hydrogen (secondary N) is 1. The van der Waals surface area contributed by atoms with Gasteiger partial charge in [-0.2, -0.15) is 0 Å². The van der Waals surface area contributed by atoms with Gasteiger partial charge in [-0.25, -0.2) is 8.42 Å². The van der Waals surface area contributed by atoms with E-state index in [1.54, 1.807) is 24.3 Å². The van der Waals surface area contributed by atoms with Crippen molar-refractivity contribution in [2.45, 2.75) is 27.2 Å². The minimum atomic E-state index is -3.37. The highest BCUT2D eigenvalue weighted by Crippen LogP contribution is 2.27. The second kappa shape index (κ2) is 6.93. The van der Waals surface area contributed by atoms with Gasteiger partial charge >= 0.3 is 0 Å². The lowest BCUT2D eigenvalue weighted by Gasteiger charge is -2.22. The van der Waals surface area contributed by atoms with Crippen LogP contribution in [0.1, 0.15) is 27.2 Å². The largest absolute Gasteiger partial charge is 0.324 e. The number of nitrogens with zero attached hydrogens (tertiary/aromatic N) is 1. The summed E-state index contributed by atoms with van der Waals surface area (Å²) in [6, 6.07) is 6.89. The molecule has 1 amide bonds. The molecular weight excluding hydrogens is 288 g/mol. The molecule has 0 aliphatic carbocycles. The summed E-state index contributed by atoms with van der Waals surface area (Å²) in [5, 5.41) is 2.83. The van der Waals surface area contributed by atoms with Crippen LogP contribution in [0, 0.1) is 11.8 Å². The molecule has 5 nitrogen and oxygen atoms in total. The molecule has 0 saturated heterocycles. The van der Waals surface area contributed by atoms with Crippen molar-refractivity contribution in [3.8, 4) is 0 Å². The highest BCUT2D eigenvalue weighted by molar-refractivity contribution is 7.92. The van der Waals surface area contributed by atoms with Gasteiger partial charge in [0.05, 0.1) is 17.6 Å². The molecule has 21 heavy (non-hydrogen) atoms. The number of sulfonamides is 1. The molecule has 1 N–H and O–H groups in total. The van der Waals surface area contributed by atoms with Crippen LogP contribution in [0.25, 0.3) is 0 Å². The third-order valence-corrected chi connectivity index (χ3v) is 5.10. The van der Waals surface area contributed by atoms with Crippen LogP contribution in [-0.2, 0) is 14.8 Å². The molecule has 0 radical (unpaired) electrons. The van der Waals surface area contributed by atoms with Crippen molar-refractivity contribution in [2.24, 2.45) is 11.8 Å². The molecule has 0 aliphatic rings.